The predicted octanol–water partition coefficient (Wildman–Crippen LogP) is 0.564. The van der Waals surface area contributed by atoms with Crippen LogP contribution in [0.1, 0.15) is 20.8 Å². The fraction of sp³-hybridized carbons (Fsp3) is 0.909. The van der Waals surface area contributed by atoms with Crippen LogP contribution in [-0.2, 0) is 14.3 Å². The van der Waals surface area contributed by atoms with Crippen LogP contribution in [0.2, 0.25) is 0 Å². The summed E-state index contributed by atoms with van der Waals surface area (Å²) in [6, 6.07) is 0. The minimum absolute atomic E-state index is 0.109. The summed E-state index contributed by atoms with van der Waals surface area (Å²) in [5, 5.41) is 3.28. The second kappa shape index (κ2) is 3.46. The van der Waals surface area contributed by atoms with Gasteiger partial charge in [0.05, 0.1) is 18.8 Å². The fourth-order valence-electron chi connectivity index (χ4n) is 2.85. The van der Waals surface area contributed by atoms with Gasteiger partial charge in [0.1, 0.15) is 5.41 Å². The third kappa shape index (κ3) is 1.31. The van der Waals surface area contributed by atoms with Gasteiger partial charge in [0.25, 0.3) is 0 Å². The summed E-state index contributed by atoms with van der Waals surface area (Å²) in [5.74, 6) is 0.147. The lowest BCUT2D eigenvalue weighted by atomic mass is 9.69. The van der Waals surface area contributed by atoms with Gasteiger partial charge in [0.2, 0.25) is 0 Å². The highest BCUT2D eigenvalue weighted by Crippen LogP contribution is 2.50. The molecule has 0 spiro atoms. The average Bonchev–Trinajstić information content (AvgIpc) is 2.68. The van der Waals surface area contributed by atoms with Crippen LogP contribution >= 0.6 is 0 Å². The number of esters is 1. The van der Waals surface area contributed by atoms with Crippen molar-refractivity contribution < 1.29 is 14.3 Å². The van der Waals surface area contributed by atoms with E-state index in [1.807, 2.05) is 20.8 Å². The van der Waals surface area contributed by atoms with E-state index in [2.05, 4.69) is 5.32 Å². The van der Waals surface area contributed by atoms with Crippen molar-refractivity contribution in [1.29, 1.82) is 0 Å². The second-order valence-electron chi connectivity index (χ2n) is 4.84. The molecule has 0 aromatic heterocycles. The van der Waals surface area contributed by atoms with Crippen LogP contribution < -0.4 is 5.32 Å². The molecule has 2 heterocycles. The average molecular weight is 213 g/mol. The number of nitrogens with one attached hydrogen (secondary N) is 1. The number of rotatable bonds is 2. The molecule has 0 aliphatic carbocycles. The Hall–Kier alpha value is -0.610. The molecule has 2 fully saturated rings. The molecule has 4 nitrogen and oxygen atoms in total. The molecule has 0 radical (unpaired) electrons. The molecule has 4 heteroatoms. The highest BCUT2D eigenvalue weighted by molar-refractivity contribution is 5.80. The molecule has 1 N–H and O–H groups in total. The van der Waals surface area contributed by atoms with Gasteiger partial charge in [-0.15, -0.1) is 0 Å². The number of carbonyl (C=O) groups excluding carboxylic acids is 1. The van der Waals surface area contributed by atoms with Gasteiger partial charge in [-0.3, -0.25) is 4.79 Å². The summed E-state index contributed by atoms with van der Waals surface area (Å²) in [4.78, 5) is 12.1. The van der Waals surface area contributed by atoms with Gasteiger partial charge in [-0.05, 0) is 20.8 Å². The Balaban J connectivity index is 2.31. The molecule has 2 saturated heterocycles. The molecule has 2 rings (SSSR count). The molecule has 86 valence electrons. The van der Waals surface area contributed by atoms with E-state index in [9.17, 15) is 4.79 Å². The van der Waals surface area contributed by atoms with Crippen molar-refractivity contribution in [1.82, 2.24) is 5.32 Å². The first-order valence-corrected chi connectivity index (χ1v) is 5.56. The summed E-state index contributed by atoms with van der Waals surface area (Å²) in [7, 11) is 0. The Morgan fingerprint density at radius 2 is 2.33 bits per heavy atom. The first-order chi connectivity index (χ1) is 7.04. The van der Waals surface area contributed by atoms with Gasteiger partial charge in [-0.2, -0.15) is 0 Å². The normalized spacial score (nSPS) is 37.7. The largest absolute Gasteiger partial charge is 0.465 e. The summed E-state index contributed by atoms with van der Waals surface area (Å²) < 4.78 is 10.9. The maximum atomic E-state index is 12.1. The van der Waals surface area contributed by atoms with Crippen molar-refractivity contribution >= 4 is 5.97 Å². The topological polar surface area (TPSA) is 47.6 Å². The van der Waals surface area contributed by atoms with Crippen molar-refractivity contribution in [2.45, 2.75) is 26.4 Å². The van der Waals surface area contributed by atoms with E-state index in [-0.39, 0.29) is 11.9 Å². The van der Waals surface area contributed by atoms with Gasteiger partial charge in [0, 0.05) is 19.0 Å². The van der Waals surface area contributed by atoms with Crippen molar-refractivity contribution in [2.75, 3.05) is 26.3 Å². The Kier molecular flexibility index (Phi) is 2.51. The Morgan fingerprint density at radius 3 is 3.00 bits per heavy atom. The van der Waals surface area contributed by atoms with Gasteiger partial charge in [-0.1, -0.05) is 0 Å². The monoisotopic (exact) mass is 213 g/mol. The molecule has 0 aromatic rings. The molecule has 0 bridgehead atoms. The Labute approximate surface area is 90.3 Å². The zero-order valence-corrected chi connectivity index (χ0v) is 9.63. The van der Waals surface area contributed by atoms with Crippen molar-refractivity contribution in [3.05, 3.63) is 0 Å². The second-order valence-corrected chi connectivity index (χ2v) is 4.84. The molecular weight excluding hydrogens is 194 g/mol. The lowest BCUT2D eigenvalue weighted by molar-refractivity contribution is -0.164. The molecule has 0 aromatic carbocycles. The standard InChI is InChI=1S/C11H19NO3/c1-4-14-9(13)11-7-12-5-8(11)6-15-10(11,2)3/h8,12H,4-7H2,1-3H3. The zero-order chi connectivity index (χ0) is 11.1. The Bertz CT molecular complexity index is 277. The van der Waals surface area contributed by atoms with Crippen LogP contribution in [-0.4, -0.2) is 37.9 Å². The lowest BCUT2D eigenvalue weighted by Crippen LogP contribution is -2.51. The zero-order valence-electron chi connectivity index (χ0n) is 9.63. The number of carbonyl (C=O) groups is 1. The third-order valence-corrected chi connectivity index (χ3v) is 3.85. The van der Waals surface area contributed by atoms with E-state index in [4.69, 9.17) is 9.47 Å². The van der Waals surface area contributed by atoms with E-state index in [1.54, 1.807) is 0 Å². The summed E-state index contributed by atoms with van der Waals surface area (Å²) >= 11 is 0. The number of hydrogen-bond donors (Lipinski definition) is 1. The van der Waals surface area contributed by atoms with Crippen LogP contribution in [0.5, 0.6) is 0 Å². The first kappa shape index (κ1) is 10.9. The summed E-state index contributed by atoms with van der Waals surface area (Å²) in [5.41, 5.74) is -0.906. The van der Waals surface area contributed by atoms with Crippen LogP contribution in [0, 0.1) is 11.3 Å². The quantitative estimate of drug-likeness (QED) is 0.681. The van der Waals surface area contributed by atoms with Crippen molar-refractivity contribution in [3.8, 4) is 0 Å². The maximum Gasteiger partial charge on any atom is 0.316 e. The Morgan fingerprint density at radius 1 is 1.60 bits per heavy atom. The SMILES string of the molecule is CCOC(=O)C12CNCC1COC2(C)C. The third-order valence-electron chi connectivity index (χ3n) is 3.85. The number of hydrogen-bond acceptors (Lipinski definition) is 4. The van der Waals surface area contributed by atoms with E-state index in [0.29, 0.717) is 19.8 Å². The van der Waals surface area contributed by atoms with E-state index >= 15 is 0 Å². The van der Waals surface area contributed by atoms with Crippen molar-refractivity contribution in [3.63, 3.8) is 0 Å². The summed E-state index contributed by atoms with van der Waals surface area (Å²) in [6.07, 6.45) is 0. The van der Waals surface area contributed by atoms with Gasteiger partial charge in [0.15, 0.2) is 0 Å². The first-order valence-electron chi connectivity index (χ1n) is 5.56. The van der Waals surface area contributed by atoms with Crippen LogP contribution in [0.15, 0.2) is 0 Å². The molecule has 0 amide bonds. The summed E-state index contributed by atoms with van der Waals surface area (Å²) in [6.45, 7) is 8.41. The van der Waals surface area contributed by atoms with E-state index in [0.717, 1.165) is 6.54 Å². The molecule has 2 aliphatic rings. The molecule has 2 unspecified atom stereocenters. The van der Waals surface area contributed by atoms with Crippen LogP contribution in [0.4, 0.5) is 0 Å². The fourth-order valence-corrected chi connectivity index (χ4v) is 2.85. The maximum absolute atomic E-state index is 12.1. The molecule has 2 atom stereocenters. The highest BCUT2D eigenvalue weighted by atomic mass is 16.5. The number of ether oxygens (including phenoxy) is 2. The van der Waals surface area contributed by atoms with Crippen LogP contribution in [0.25, 0.3) is 0 Å². The molecule has 15 heavy (non-hydrogen) atoms. The van der Waals surface area contributed by atoms with Gasteiger partial charge in [-0.25, -0.2) is 0 Å². The van der Waals surface area contributed by atoms with E-state index in [1.165, 1.54) is 0 Å². The van der Waals surface area contributed by atoms with Gasteiger partial charge >= 0.3 is 5.97 Å². The smallest absolute Gasteiger partial charge is 0.316 e. The van der Waals surface area contributed by atoms with E-state index < -0.39 is 11.0 Å². The minimum Gasteiger partial charge on any atom is -0.465 e. The molecule has 0 saturated carbocycles. The lowest BCUT2D eigenvalue weighted by Gasteiger charge is -2.36. The van der Waals surface area contributed by atoms with Gasteiger partial charge < -0.3 is 14.8 Å². The van der Waals surface area contributed by atoms with Crippen molar-refractivity contribution in [2.24, 2.45) is 11.3 Å². The minimum atomic E-state index is -0.483. The number of fused-ring (bicyclic) bond motifs is 1. The molecular formula is C11H19NO3. The highest BCUT2D eigenvalue weighted by Gasteiger charge is 2.64. The predicted molar refractivity (Wildman–Crippen MR) is 55.5 cm³/mol. The molecule has 2 aliphatic heterocycles. The van der Waals surface area contributed by atoms with Crippen LogP contribution in [0.3, 0.4) is 0 Å².